The van der Waals surface area contributed by atoms with Crippen LogP contribution >= 0.6 is 0 Å². The Morgan fingerprint density at radius 3 is 1.53 bits per heavy atom. The molecule has 0 amide bonds. The lowest BCUT2D eigenvalue weighted by molar-refractivity contribution is 0.631. The van der Waals surface area contributed by atoms with Crippen LogP contribution in [0.1, 0.15) is 25.0 Å². The van der Waals surface area contributed by atoms with E-state index in [1.165, 1.54) is 60.4 Å². The van der Waals surface area contributed by atoms with Gasteiger partial charge in [-0.15, -0.1) is 0 Å². The number of fused-ring (bicyclic) bond motifs is 8. The summed E-state index contributed by atoms with van der Waals surface area (Å²) in [6, 6.07) is 58.1. The van der Waals surface area contributed by atoms with Gasteiger partial charge in [-0.05, 0) is 59.7 Å². The molecule has 0 bridgehead atoms. The fourth-order valence-electron chi connectivity index (χ4n) is 8.58. The van der Waals surface area contributed by atoms with E-state index in [2.05, 4.69) is 126 Å². The number of rotatable bonds is 4. The van der Waals surface area contributed by atoms with Crippen LogP contribution in [0.25, 0.3) is 89.2 Å². The van der Waals surface area contributed by atoms with Gasteiger partial charge in [-0.1, -0.05) is 129 Å². The molecule has 0 aliphatic carbocycles. The third-order valence-corrected chi connectivity index (χ3v) is 11.2. The van der Waals surface area contributed by atoms with E-state index in [1.807, 2.05) is 60.7 Å². The average Bonchev–Trinajstić information content (AvgIpc) is 3.73. The fraction of sp³-hybridized carbons (Fsp3) is 0.0625. The Bertz CT molecular complexity index is 3000. The Kier molecular flexibility index (Phi) is 6.23. The van der Waals surface area contributed by atoms with Gasteiger partial charge in [0.25, 0.3) is 0 Å². The fourth-order valence-corrected chi connectivity index (χ4v) is 8.58. The molecule has 10 aromatic rings. The van der Waals surface area contributed by atoms with E-state index < -0.39 is 0 Å². The minimum Gasteiger partial charge on any atom is -0.309 e. The Morgan fingerprint density at radius 2 is 0.906 bits per heavy atom. The second-order valence-corrected chi connectivity index (χ2v) is 14.5. The molecule has 0 saturated carbocycles. The van der Waals surface area contributed by atoms with E-state index in [0.717, 1.165) is 22.4 Å². The lowest BCUT2D eigenvalue weighted by Gasteiger charge is -2.35. The van der Waals surface area contributed by atoms with Gasteiger partial charge in [-0.25, -0.2) is 15.0 Å². The van der Waals surface area contributed by atoms with Gasteiger partial charge in [-0.3, -0.25) is 0 Å². The van der Waals surface area contributed by atoms with Crippen molar-refractivity contribution in [2.75, 3.05) is 0 Å². The van der Waals surface area contributed by atoms with Crippen molar-refractivity contribution in [2.45, 2.75) is 19.3 Å². The van der Waals surface area contributed by atoms with E-state index in [1.54, 1.807) is 0 Å². The van der Waals surface area contributed by atoms with Gasteiger partial charge in [0, 0.05) is 49.3 Å². The summed E-state index contributed by atoms with van der Waals surface area (Å²) in [5, 5.41) is 5.08. The summed E-state index contributed by atoms with van der Waals surface area (Å²) in [7, 11) is 0. The van der Waals surface area contributed by atoms with Gasteiger partial charge in [0.15, 0.2) is 17.5 Å². The molecule has 3 aromatic heterocycles. The summed E-state index contributed by atoms with van der Waals surface area (Å²) >= 11 is 0. The minimum atomic E-state index is -0.181. The van der Waals surface area contributed by atoms with Gasteiger partial charge in [0.1, 0.15) is 0 Å². The van der Waals surface area contributed by atoms with Gasteiger partial charge < -0.3 is 9.13 Å². The summed E-state index contributed by atoms with van der Waals surface area (Å²) in [6.45, 7) is 4.75. The van der Waals surface area contributed by atoms with Crippen LogP contribution in [0.5, 0.6) is 0 Å². The van der Waals surface area contributed by atoms with Crippen molar-refractivity contribution in [1.29, 1.82) is 0 Å². The van der Waals surface area contributed by atoms with Crippen LogP contribution in [0, 0.1) is 0 Å². The highest BCUT2D eigenvalue weighted by Crippen LogP contribution is 2.49. The molecule has 1 aliphatic heterocycles. The maximum absolute atomic E-state index is 4.98. The van der Waals surface area contributed by atoms with Crippen LogP contribution in [-0.4, -0.2) is 24.1 Å². The van der Waals surface area contributed by atoms with Crippen LogP contribution in [0.4, 0.5) is 0 Å². The molecule has 0 radical (unpaired) electrons. The van der Waals surface area contributed by atoms with Crippen LogP contribution in [0.15, 0.2) is 164 Å². The topological polar surface area (TPSA) is 48.5 Å². The first-order valence-corrected chi connectivity index (χ1v) is 18.1. The zero-order valence-electron chi connectivity index (χ0n) is 29.3. The zero-order chi connectivity index (χ0) is 35.3. The van der Waals surface area contributed by atoms with E-state index in [-0.39, 0.29) is 5.41 Å². The Morgan fingerprint density at radius 1 is 0.396 bits per heavy atom. The largest absolute Gasteiger partial charge is 0.309 e. The molecular weight excluding hydrogens is 647 g/mol. The maximum Gasteiger partial charge on any atom is 0.164 e. The molecule has 11 rings (SSSR count). The van der Waals surface area contributed by atoms with Crippen molar-refractivity contribution in [3.05, 3.63) is 175 Å². The van der Waals surface area contributed by atoms with Crippen molar-refractivity contribution in [3.63, 3.8) is 0 Å². The molecule has 250 valence electrons. The summed E-state index contributed by atoms with van der Waals surface area (Å²) in [6.07, 6.45) is 0. The van der Waals surface area contributed by atoms with E-state index in [9.17, 15) is 0 Å². The molecule has 0 fully saturated rings. The standard InChI is InChI=1S/C48H33N5/c1-48(2)38-21-13-20-36-34-18-9-12-23-41(34)53(44(36)38)43-29-42-37(28-39(43)48)35-19-10-11-22-40(35)52(42)33-26-24-32(25-27-33)47-50-45(30-14-5-3-6-15-30)49-46(51-47)31-16-7-4-8-17-31/h3-29H,1-2H3. The normalized spacial score (nSPS) is 13.2. The number of hydrogen-bond donors (Lipinski definition) is 0. The smallest absolute Gasteiger partial charge is 0.164 e. The molecule has 0 spiro atoms. The number of nitrogens with zero attached hydrogens (tertiary/aromatic N) is 5. The first kappa shape index (κ1) is 29.8. The Hall–Kier alpha value is -6.85. The highest BCUT2D eigenvalue weighted by molar-refractivity contribution is 6.14. The second kappa shape index (κ2) is 11.1. The van der Waals surface area contributed by atoms with Crippen molar-refractivity contribution in [1.82, 2.24) is 24.1 Å². The maximum atomic E-state index is 4.98. The van der Waals surface area contributed by atoms with E-state index >= 15 is 0 Å². The predicted octanol–water partition coefficient (Wildman–Crippen LogP) is 11.7. The first-order chi connectivity index (χ1) is 26.0. The van der Waals surface area contributed by atoms with E-state index in [0.29, 0.717) is 17.5 Å². The molecule has 0 saturated heterocycles. The van der Waals surface area contributed by atoms with Gasteiger partial charge >= 0.3 is 0 Å². The summed E-state index contributed by atoms with van der Waals surface area (Å²) < 4.78 is 4.91. The highest BCUT2D eigenvalue weighted by atomic mass is 15.0. The quantitative estimate of drug-likeness (QED) is 0.186. The first-order valence-electron chi connectivity index (χ1n) is 18.1. The van der Waals surface area contributed by atoms with Crippen LogP contribution in [0.3, 0.4) is 0 Å². The Labute approximate surface area is 306 Å². The van der Waals surface area contributed by atoms with Gasteiger partial charge in [0.2, 0.25) is 0 Å². The van der Waals surface area contributed by atoms with E-state index in [4.69, 9.17) is 15.0 Å². The van der Waals surface area contributed by atoms with Gasteiger partial charge in [-0.2, -0.15) is 0 Å². The summed E-state index contributed by atoms with van der Waals surface area (Å²) in [5.74, 6) is 1.95. The molecule has 53 heavy (non-hydrogen) atoms. The highest BCUT2D eigenvalue weighted by Gasteiger charge is 2.36. The molecule has 7 aromatic carbocycles. The lowest BCUT2D eigenvalue weighted by atomic mass is 9.74. The summed E-state index contributed by atoms with van der Waals surface area (Å²) in [4.78, 5) is 14.8. The van der Waals surface area contributed by atoms with Gasteiger partial charge in [0.05, 0.1) is 27.8 Å². The number of para-hydroxylation sites is 3. The minimum absolute atomic E-state index is 0.181. The number of hydrogen-bond acceptors (Lipinski definition) is 3. The number of benzene rings is 7. The monoisotopic (exact) mass is 679 g/mol. The molecule has 0 unspecified atom stereocenters. The third kappa shape index (κ3) is 4.34. The average molecular weight is 680 g/mol. The van der Waals surface area contributed by atoms with Crippen molar-refractivity contribution >= 4 is 43.6 Å². The molecular formula is C48H33N5. The molecule has 5 nitrogen and oxygen atoms in total. The molecule has 0 N–H and O–H groups in total. The predicted molar refractivity (Wildman–Crippen MR) is 217 cm³/mol. The molecule has 4 heterocycles. The van der Waals surface area contributed by atoms with Crippen molar-refractivity contribution < 1.29 is 0 Å². The zero-order valence-corrected chi connectivity index (χ0v) is 29.3. The molecule has 5 heteroatoms. The van der Waals surface area contributed by atoms with Crippen LogP contribution < -0.4 is 0 Å². The van der Waals surface area contributed by atoms with Crippen molar-refractivity contribution in [3.8, 4) is 45.5 Å². The molecule has 0 atom stereocenters. The summed E-state index contributed by atoms with van der Waals surface area (Å²) in [5.41, 5.74) is 12.6. The lowest BCUT2D eigenvalue weighted by Crippen LogP contribution is -2.26. The third-order valence-electron chi connectivity index (χ3n) is 11.2. The van der Waals surface area contributed by atoms with Crippen LogP contribution in [0.2, 0.25) is 0 Å². The van der Waals surface area contributed by atoms with Crippen LogP contribution in [-0.2, 0) is 5.41 Å². The SMILES string of the molecule is CC1(C)c2cc3c4ccccc4n(-c4ccc(-c5nc(-c6ccccc6)nc(-c6ccccc6)n5)cc4)c3cc2-n2c3ccccc3c3cccc1c32. The second-order valence-electron chi connectivity index (χ2n) is 14.5. The number of aromatic nitrogens is 5. The Balaban J connectivity index is 1.12. The van der Waals surface area contributed by atoms with Crippen molar-refractivity contribution in [2.24, 2.45) is 0 Å². The molecule has 1 aliphatic rings.